The van der Waals surface area contributed by atoms with Gasteiger partial charge in [0.15, 0.2) is 0 Å². The highest BCUT2D eigenvalue weighted by Gasteiger charge is 2.38. The smallest absolute Gasteiger partial charge is 0.303 e. The monoisotopic (exact) mass is 256 g/mol. The average molecular weight is 256 g/mol. The summed E-state index contributed by atoms with van der Waals surface area (Å²) in [5.74, 6) is -0.716. The number of nitrogens with one attached hydrogen (secondary N) is 1. The minimum absolute atomic E-state index is 0.0797. The Bertz CT molecular complexity index is 334. The van der Waals surface area contributed by atoms with Crippen LogP contribution in [0.2, 0.25) is 0 Å². The number of hydrogen-bond acceptors (Lipinski definition) is 4. The molecule has 3 atom stereocenters. The SMILES string of the molecule is CNC1COCC1C(=O)N1CCC(CC(=O)O)C1. The zero-order valence-electron chi connectivity index (χ0n) is 10.6. The highest BCUT2D eigenvalue weighted by atomic mass is 16.5. The zero-order chi connectivity index (χ0) is 13.1. The Hall–Kier alpha value is -1.14. The summed E-state index contributed by atoms with van der Waals surface area (Å²) in [5, 5.41) is 11.9. The van der Waals surface area contributed by atoms with Crippen LogP contribution in [0.1, 0.15) is 12.8 Å². The number of carboxylic acids is 1. The van der Waals surface area contributed by atoms with Crippen molar-refractivity contribution in [3.63, 3.8) is 0 Å². The van der Waals surface area contributed by atoms with E-state index in [1.54, 1.807) is 4.90 Å². The van der Waals surface area contributed by atoms with Gasteiger partial charge in [0, 0.05) is 25.6 Å². The van der Waals surface area contributed by atoms with E-state index in [4.69, 9.17) is 9.84 Å². The number of likely N-dealkylation sites (N-methyl/N-ethyl adjacent to an activating group) is 1. The van der Waals surface area contributed by atoms with E-state index in [0.717, 1.165) is 6.42 Å². The topological polar surface area (TPSA) is 78.9 Å². The van der Waals surface area contributed by atoms with Gasteiger partial charge in [0.25, 0.3) is 0 Å². The third-order valence-corrected chi connectivity index (χ3v) is 3.83. The number of nitrogens with zero attached hydrogens (tertiary/aromatic N) is 1. The zero-order valence-corrected chi connectivity index (χ0v) is 10.6. The van der Waals surface area contributed by atoms with E-state index in [9.17, 15) is 9.59 Å². The van der Waals surface area contributed by atoms with Crippen LogP contribution < -0.4 is 5.32 Å². The fourth-order valence-electron chi connectivity index (χ4n) is 2.76. The van der Waals surface area contributed by atoms with Crippen LogP contribution in [-0.4, -0.2) is 61.3 Å². The molecule has 2 N–H and O–H groups in total. The van der Waals surface area contributed by atoms with E-state index < -0.39 is 5.97 Å². The molecule has 6 heteroatoms. The highest BCUT2D eigenvalue weighted by Crippen LogP contribution is 2.24. The average Bonchev–Trinajstić information content (AvgIpc) is 2.95. The van der Waals surface area contributed by atoms with Crippen molar-refractivity contribution in [1.82, 2.24) is 10.2 Å². The van der Waals surface area contributed by atoms with Crippen LogP contribution in [0.5, 0.6) is 0 Å². The van der Waals surface area contributed by atoms with Gasteiger partial charge < -0.3 is 20.1 Å². The number of carbonyl (C=O) groups is 2. The summed E-state index contributed by atoms with van der Waals surface area (Å²) in [7, 11) is 1.83. The lowest BCUT2D eigenvalue weighted by Crippen LogP contribution is -2.44. The lowest BCUT2D eigenvalue weighted by molar-refractivity contribution is -0.139. The summed E-state index contributed by atoms with van der Waals surface area (Å²) < 4.78 is 5.33. The van der Waals surface area contributed by atoms with Crippen LogP contribution in [0.4, 0.5) is 0 Å². The molecule has 0 aromatic rings. The van der Waals surface area contributed by atoms with Gasteiger partial charge in [-0.15, -0.1) is 0 Å². The molecule has 18 heavy (non-hydrogen) atoms. The number of likely N-dealkylation sites (tertiary alicyclic amines) is 1. The Balaban J connectivity index is 1.89. The number of carboxylic acid groups (broad SMARTS) is 1. The first kappa shape index (κ1) is 13.3. The second kappa shape index (κ2) is 5.67. The quantitative estimate of drug-likeness (QED) is 0.712. The molecule has 0 aromatic heterocycles. The van der Waals surface area contributed by atoms with Crippen molar-refractivity contribution in [2.24, 2.45) is 11.8 Å². The second-order valence-corrected chi connectivity index (χ2v) is 5.08. The standard InChI is InChI=1S/C12H20N2O4/c1-13-10-7-18-6-9(10)12(17)14-3-2-8(5-14)4-11(15)16/h8-10,13H,2-7H2,1H3,(H,15,16). The molecular formula is C12H20N2O4. The number of amides is 1. The maximum atomic E-state index is 12.3. The number of aliphatic carboxylic acids is 1. The van der Waals surface area contributed by atoms with E-state index in [2.05, 4.69) is 5.32 Å². The van der Waals surface area contributed by atoms with Crippen LogP contribution in [0.25, 0.3) is 0 Å². The molecular weight excluding hydrogens is 236 g/mol. The second-order valence-electron chi connectivity index (χ2n) is 5.08. The lowest BCUT2D eigenvalue weighted by atomic mass is 10.0. The van der Waals surface area contributed by atoms with Crippen molar-refractivity contribution >= 4 is 11.9 Å². The first-order valence-electron chi connectivity index (χ1n) is 6.37. The largest absolute Gasteiger partial charge is 0.481 e. The molecule has 1 amide bonds. The van der Waals surface area contributed by atoms with E-state index in [0.29, 0.717) is 26.3 Å². The van der Waals surface area contributed by atoms with E-state index in [1.165, 1.54) is 0 Å². The van der Waals surface area contributed by atoms with Gasteiger partial charge >= 0.3 is 5.97 Å². The molecule has 102 valence electrons. The van der Waals surface area contributed by atoms with Crippen LogP contribution in [0.15, 0.2) is 0 Å². The number of hydrogen-bond donors (Lipinski definition) is 2. The van der Waals surface area contributed by atoms with Gasteiger partial charge in [-0.1, -0.05) is 0 Å². The fourth-order valence-corrected chi connectivity index (χ4v) is 2.76. The Labute approximate surface area is 106 Å². The molecule has 0 radical (unpaired) electrons. The molecule has 0 spiro atoms. The molecule has 0 aromatic carbocycles. The third-order valence-electron chi connectivity index (χ3n) is 3.83. The van der Waals surface area contributed by atoms with Gasteiger partial charge in [0.2, 0.25) is 5.91 Å². The van der Waals surface area contributed by atoms with Crippen molar-refractivity contribution in [2.75, 3.05) is 33.4 Å². The van der Waals surface area contributed by atoms with Crippen molar-refractivity contribution in [3.05, 3.63) is 0 Å². The fraction of sp³-hybridized carbons (Fsp3) is 0.833. The van der Waals surface area contributed by atoms with Crippen molar-refractivity contribution < 1.29 is 19.4 Å². The van der Waals surface area contributed by atoms with Gasteiger partial charge in [-0.2, -0.15) is 0 Å². The summed E-state index contributed by atoms with van der Waals surface area (Å²) in [5.41, 5.74) is 0. The molecule has 2 heterocycles. The normalized spacial score (nSPS) is 31.8. The molecule has 0 saturated carbocycles. The van der Waals surface area contributed by atoms with Crippen LogP contribution >= 0.6 is 0 Å². The number of carbonyl (C=O) groups excluding carboxylic acids is 1. The predicted octanol–water partition coefficient (Wildman–Crippen LogP) is -0.456. The van der Waals surface area contributed by atoms with Crippen molar-refractivity contribution in [2.45, 2.75) is 18.9 Å². The van der Waals surface area contributed by atoms with Crippen molar-refractivity contribution in [3.8, 4) is 0 Å². The first-order valence-corrected chi connectivity index (χ1v) is 6.37. The third kappa shape index (κ3) is 2.81. The Morgan fingerprint density at radius 3 is 2.89 bits per heavy atom. The first-order chi connectivity index (χ1) is 8.61. The molecule has 2 aliphatic heterocycles. The Morgan fingerprint density at radius 2 is 2.22 bits per heavy atom. The van der Waals surface area contributed by atoms with Gasteiger partial charge in [-0.25, -0.2) is 0 Å². The Kier molecular flexibility index (Phi) is 4.19. The number of rotatable bonds is 4. The molecule has 0 aliphatic carbocycles. The van der Waals surface area contributed by atoms with Gasteiger partial charge in [0.05, 0.1) is 19.1 Å². The molecule has 3 unspecified atom stereocenters. The van der Waals surface area contributed by atoms with E-state index >= 15 is 0 Å². The minimum Gasteiger partial charge on any atom is -0.481 e. The maximum absolute atomic E-state index is 12.3. The molecule has 2 saturated heterocycles. The van der Waals surface area contributed by atoms with Crippen LogP contribution in [0, 0.1) is 11.8 Å². The molecule has 0 bridgehead atoms. The minimum atomic E-state index is -0.786. The van der Waals surface area contributed by atoms with Gasteiger partial charge in [0.1, 0.15) is 0 Å². The van der Waals surface area contributed by atoms with Gasteiger partial charge in [-0.3, -0.25) is 9.59 Å². The number of ether oxygens (including phenoxy) is 1. The maximum Gasteiger partial charge on any atom is 0.303 e. The van der Waals surface area contributed by atoms with Crippen LogP contribution in [-0.2, 0) is 14.3 Å². The summed E-state index contributed by atoms with van der Waals surface area (Å²) in [4.78, 5) is 24.7. The predicted molar refractivity (Wildman–Crippen MR) is 64.1 cm³/mol. The summed E-state index contributed by atoms with van der Waals surface area (Å²) in [6.45, 7) is 2.27. The molecule has 2 aliphatic rings. The van der Waals surface area contributed by atoms with E-state index in [-0.39, 0.29) is 30.2 Å². The highest BCUT2D eigenvalue weighted by molar-refractivity contribution is 5.80. The van der Waals surface area contributed by atoms with E-state index in [1.807, 2.05) is 7.05 Å². The summed E-state index contributed by atoms with van der Waals surface area (Å²) in [6, 6.07) is 0.0797. The Morgan fingerprint density at radius 1 is 1.44 bits per heavy atom. The van der Waals surface area contributed by atoms with Crippen LogP contribution in [0.3, 0.4) is 0 Å². The van der Waals surface area contributed by atoms with Gasteiger partial charge in [-0.05, 0) is 19.4 Å². The molecule has 2 rings (SSSR count). The lowest BCUT2D eigenvalue weighted by Gasteiger charge is -2.23. The molecule has 2 fully saturated rings. The molecule has 6 nitrogen and oxygen atoms in total. The summed E-state index contributed by atoms with van der Waals surface area (Å²) in [6.07, 6.45) is 0.941. The van der Waals surface area contributed by atoms with Crippen molar-refractivity contribution in [1.29, 1.82) is 0 Å². The summed E-state index contributed by atoms with van der Waals surface area (Å²) >= 11 is 0.